The van der Waals surface area contributed by atoms with Crippen LogP contribution in [0.1, 0.15) is 12.5 Å². The summed E-state index contributed by atoms with van der Waals surface area (Å²) in [5.74, 6) is -0.450. The van der Waals surface area contributed by atoms with Gasteiger partial charge in [-0.3, -0.25) is 4.79 Å². The summed E-state index contributed by atoms with van der Waals surface area (Å²) in [6.07, 6.45) is -0.911. The van der Waals surface area contributed by atoms with Crippen molar-refractivity contribution >= 4 is 33.5 Å². The van der Waals surface area contributed by atoms with Crippen LogP contribution in [-0.2, 0) is 14.3 Å². The van der Waals surface area contributed by atoms with Gasteiger partial charge in [-0.15, -0.1) is 0 Å². The summed E-state index contributed by atoms with van der Waals surface area (Å²) in [6, 6.07) is 14.4. The monoisotopic (exact) mass is 391 g/mol. The quantitative estimate of drug-likeness (QED) is 0.762. The van der Waals surface area contributed by atoms with Crippen LogP contribution in [0.5, 0.6) is 5.75 Å². The molecule has 1 atom stereocenters. The maximum atomic E-state index is 12.0. The van der Waals surface area contributed by atoms with Crippen molar-refractivity contribution in [2.45, 2.75) is 20.0 Å². The van der Waals surface area contributed by atoms with Crippen molar-refractivity contribution in [1.29, 1.82) is 0 Å². The number of carbonyl (C=O) groups excluding carboxylic acids is 2. The zero-order chi connectivity index (χ0) is 17.5. The lowest BCUT2D eigenvalue weighted by atomic mass is 10.2. The van der Waals surface area contributed by atoms with Crippen LogP contribution in [-0.4, -0.2) is 24.6 Å². The molecule has 0 aliphatic rings. The number of hydrogen-bond acceptors (Lipinski definition) is 4. The average molecular weight is 392 g/mol. The first-order chi connectivity index (χ1) is 11.4. The third kappa shape index (κ3) is 5.70. The lowest BCUT2D eigenvalue weighted by molar-refractivity contribution is -0.155. The van der Waals surface area contributed by atoms with Gasteiger partial charge in [0.05, 0.1) is 0 Å². The van der Waals surface area contributed by atoms with E-state index in [1.165, 1.54) is 6.92 Å². The molecule has 2 aromatic carbocycles. The summed E-state index contributed by atoms with van der Waals surface area (Å²) in [5, 5.41) is 2.71. The third-order valence-corrected chi connectivity index (χ3v) is 3.66. The van der Waals surface area contributed by atoms with E-state index in [0.29, 0.717) is 11.4 Å². The second-order valence-corrected chi connectivity index (χ2v) is 6.15. The highest BCUT2D eigenvalue weighted by Crippen LogP contribution is 2.16. The number of nitrogens with one attached hydrogen (secondary N) is 1. The van der Waals surface area contributed by atoms with Crippen LogP contribution in [0.2, 0.25) is 0 Å². The zero-order valence-electron chi connectivity index (χ0n) is 13.4. The van der Waals surface area contributed by atoms with Gasteiger partial charge in [0.15, 0.2) is 12.7 Å². The molecule has 0 unspecified atom stereocenters. The van der Waals surface area contributed by atoms with Gasteiger partial charge in [0.25, 0.3) is 5.91 Å². The van der Waals surface area contributed by atoms with E-state index in [-0.39, 0.29) is 6.61 Å². The number of carbonyl (C=O) groups is 2. The van der Waals surface area contributed by atoms with E-state index < -0.39 is 18.0 Å². The lowest BCUT2D eigenvalue weighted by Crippen LogP contribution is -2.31. The predicted octanol–water partition coefficient (Wildman–Crippen LogP) is 3.71. The summed E-state index contributed by atoms with van der Waals surface area (Å²) in [5.41, 5.74) is 1.69. The molecule has 0 heterocycles. The van der Waals surface area contributed by atoms with E-state index in [1.54, 1.807) is 30.3 Å². The van der Waals surface area contributed by atoms with Gasteiger partial charge in [0.1, 0.15) is 5.75 Å². The molecule has 6 heteroatoms. The molecular formula is C18H18BrNO4. The Morgan fingerprint density at radius 2 is 1.88 bits per heavy atom. The third-order valence-electron chi connectivity index (χ3n) is 3.13. The second kappa shape index (κ2) is 8.49. The number of amides is 1. The van der Waals surface area contributed by atoms with Gasteiger partial charge >= 0.3 is 5.97 Å². The van der Waals surface area contributed by atoms with E-state index in [4.69, 9.17) is 9.47 Å². The molecule has 24 heavy (non-hydrogen) atoms. The molecular weight excluding hydrogens is 374 g/mol. The number of benzene rings is 2. The zero-order valence-corrected chi connectivity index (χ0v) is 15.0. The van der Waals surface area contributed by atoms with E-state index in [9.17, 15) is 9.59 Å². The fraction of sp³-hybridized carbons (Fsp3) is 0.222. The minimum absolute atomic E-state index is 0.260. The molecule has 2 rings (SSSR count). The van der Waals surface area contributed by atoms with Crippen molar-refractivity contribution < 1.29 is 19.1 Å². The number of hydrogen-bond donors (Lipinski definition) is 1. The van der Waals surface area contributed by atoms with Gasteiger partial charge in [-0.25, -0.2) is 4.79 Å². The standard InChI is InChI=1S/C18H18BrNO4/c1-12-4-3-5-15(10-12)20-18(22)13(2)24-17(21)11-23-16-8-6-14(19)7-9-16/h3-10,13H,11H2,1-2H3,(H,20,22)/t13-/m1/s1. The summed E-state index contributed by atoms with van der Waals surface area (Å²) >= 11 is 3.31. The molecule has 0 fully saturated rings. The van der Waals surface area contributed by atoms with Gasteiger partial charge in [-0.2, -0.15) is 0 Å². The van der Waals surface area contributed by atoms with Crippen LogP contribution < -0.4 is 10.1 Å². The summed E-state index contributed by atoms with van der Waals surface area (Å²) in [4.78, 5) is 23.8. The summed E-state index contributed by atoms with van der Waals surface area (Å²) < 4.78 is 11.3. The SMILES string of the molecule is Cc1cccc(NC(=O)[C@@H](C)OC(=O)COc2ccc(Br)cc2)c1. The molecule has 0 bridgehead atoms. The summed E-state index contributed by atoms with van der Waals surface area (Å²) in [7, 11) is 0. The van der Waals surface area contributed by atoms with Crippen LogP contribution in [0.15, 0.2) is 53.0 Å². The molecule has 126 valence electrons. The lowest BCUT2D eigenvalue weighted by Gasteiger charge is -2.14. The fourth-order valence-corrected chi connectivity index (χ4v) is 2.19. The highest BCUT2D eigenvalue weighted by Gasteiger charge is 2.18. The molecule has 1 amide bonds. The molecule has 5 nitrogen and oxygen atoms in total. The van der Waals surface area contributed by atoms with Crippen LogP contribution >= 0.6 is 15.9 Å². The van der Waals surface area contributed by atoms with Crippen molar-refractivity contribution in [1.82, 2.24) is 0 Å². The smallest absolute Gasteiger partial charge is 0.344 e. The Hall–Kier alpha value is -2.34. The predicted molar refractivity (Wildman–Crippen MR) is 95.0 cm³/mol. The Balaban J connectivity index is 1.80. The van der Waals surface area contributed by atoms with E-state index in [1.807, 2.05) is 25.1 Å². The van der Waals surface area contributed by atoms with Crippen molar-refractivity contribution in [2.75, 3.05) is 11.9 Å². The number of esters is 1. The molecule has 2 aromatic rings. The van der Waals surface area contributed by atoms with E-state index in [0.717, 1.165) is 10.0 Å². The Kier molecular flexibility index (Phi) is 6.37. The van der Waals surface area contributed by atoms with Crippen molar-refractivity contribution in [3.8, 4) is 5.75 Å². The highest BCUT2D eigenvalue weighted by molar-refractivity contribution is 9.10. The molecule has 0 saturated carbocycles. The van der Waals surface area contributed by atoms with Crippen LogP contribution in [0.4, 0.5) is 5.69 Å². The molecule has 1 N–H and O–H groups in total. The van der Waals surface area contributed by atoms with Crippen molar-refractivity contribution in [3.05, 3.63) is 58.6 Å². The van der Waals surface area contributed by atoms with Crippen molar-refractivity contribution in [3.63, 3.8) is 0 Å². The number of aryl methyl sites for hydroxylation is 1. The van der Waals surface area contributed by atoms with Gasteiger partial charge in [-0.05, 0) is 55.8 Å². The van der Waals surface area contributed by atoms with Crippen LogP contribution in [0, 0.1) is 6.92 Å². The van der Waals surface area contributed by atoms with Gasteiger partial charge in [0.2, 0.25) is 0 Å². The first-order valence-corrected chi connectivity index (χ1v) is 8.19. The Labute approximate surface area is 149 Å². The highest BCUT2D eigenvalue weighted by atomic mass is 79.9. The molecule has 0 aliphatic carbocycles. The van der Waals surface area contributed by atoms with E-state index >= 15 is 0 Å². The molecule has 0 aromatic heterocycles. The Bertz CT molecular complexity index is 715. The second-order valence-electron chi connectivity index (χ2n) is 5.23. The number of rotatable bonds is 6. The van der Waals surface area contributed by atoms with E-state index in [2.05, 4.69) is 21.2 Å². The maximum Gasteiger partial charge on any atom is 0.344 e. The first kappa shape index (κ1) is 18.0. The normalized spacial score (nSPS) is 11.5. The van der Waals surface area contributed by atoms with Gasteiger partial charge < -0.3 is 14.8 Å². The largest absolute Gasteiger partial charge is 0.482 e. The minimum Gasteiger partial charge on any atom is -0.482 e. The number of ether oxygens (including phenoxy) is 2. The van der Waals surface area contributed by atoms with Crippen LogP contribution in [0.25, 0.3) is 0 Å². The van der Waals surface area contributed by atoms with Crippen LogP contribution in [0.3, 0.4) is 0 Å². The molecule has 0 radical (unpaired) electrons. The molecule has 0 spiro atoms. The number of anilines is 1. The molecule has 0 aliphatic heterocycles. The van der Waals surface area contributed by atoms with Crippen molar-refractivity contribution in [2.24, 2.45) is 0 Å². The first-order valence-electron chi connectivity index (χ1n) is 7.39. The topological polar surface area (TPSA) is 64.6 Å². The maximum absolute atomic E-state index is 12.0. The van der Waals surface area contributed by atoms with Gasteiger partial charge in [-0.1, -0.05) is 28.1 Å². The Morgan fingerprint density at radius 1 is 1.17 bits per heavy atom. The minimum atomic E-state index is -0.911. The summed E-state index contributed by atoms with van der Waals surface area (Å²) in [6.45, 7) is 3.19. The fourth-order valence-electron chi connectivity index (χ4n) is 1.92. The Morgan fingerprint density at radius 3 is 2.54 bits per heavy atom. The van der Waals surface area contributed by atoms with Gasteiger partial charge in [0, 0.05) is 10.2 Å². The average Bonchev–Trinajstić information content (AvgIpc) is 2.54. The molecule has 0 saturated heterocycles. The number of halogens is 1.